The van der Waals surface area contributed by atoms with E-state index in [0.29, 0.717) is 13.0 Å². The number of hydrogen-bond donors (Lipinski definition) is 1. The molecule has 0 amide bonds. The maximum Gasteiger partial charge on any atom is 0.148 e. The summed E-state index contributed by atoms with van der Waals surface area (Å²) in [5.74, 6) is 1.11. The Bertz CT molecular complexity index is 349. The summed E-state index contributed by atoms with van der Waals surface area (Å²) in [5, 5.41) is 3.17. The normalized spacial score (nSPS) is 21.2. The standard InChI is InChI=1S/C11H13NO2/c1-14-11-5-3-2-4-9(11)10-6-8(13)7-12-10/h2-5,10,12H,6-7H2,1H3. The second-order valence-corrected chi connectivity index (χ2v) is 3.42. The van der Waals surface area contributed by atoms with Gasteiger partial charge in [0.2, 0.25) is 0 Å². The van der Waals surface area contributed by atoms with Crippen LogP contribution in [0.4, 0.5) is 0 Å². The first-order valence-corrected chi connectivity index (χ1v) is 4.69. The van der Waals surface area contributed by atoms with Crippen molar-refractivity contribution >= 4 is 5.78 Å². The summed E-state index contributed by atoms with van der Waals surface area (Å²) in [7, 11) is 1.65. The smallest absolute Gasteiger partial charge is 0.148 e. The van der Waals surface area contributed by atoms with Crippen LogP contribution < -0.4 is 10.1 Å². The van der Waals surface area contributed by atoms with E-state index < -0.39 is 0 Å². The van der Waals surface area contributed by atoms with Crippen LogP contribution in [0, 0.1) is 0 Å². The van der Waals surface area contributed by atoms with Crippen molar-refractivity contribution in [3.8, 4) is 5.75 Å². The Labute approximate surface area is 83.1 Å². The van der Waals surface area contributed by atoms with E-state index in [4.69, 9.17) is 4.74 Å². The molecule has 1 fully saturated rings. The van der Waals surface area contributed by atoms with Crippen LogP contribution in [-0.2, 0) is 4.79 Å². The van der Waals surface area contributed by atoms with Crippen LogP contribution in [0.1, 0.15) is 18.0 Å². The van der Waals surface area contributed by atoms with Gasteiger partial charge in [-0.3, -0.25) is 4.79 Å². The molecule has 3 heteroatoms. The molecule has 0 aromatic heterocycles. The van der Waals surface area contributed by atoms with Crippen molar-refractivity contribution in [2.45, 2.75) is 12.5 Å². The van der Waals surface area contributed by atoms with Crippen LogP contribution in [-0.4, -0.2) is 19.4 Å². The Morgan fingerprint density at radius 2 is 2.21 bits per heavy atom. The van der Waals surface area contributed by atoms with Gasteiger partial charge in [0, 0.05) is 18.0 Å². The molecule has 1 atom stereocenters. The van der Waals surface area contributed by atoms with Gasteiger partial charge in [-0.1, -0.05) is 18.2 Å². The van der Waals surface area contributed by atoms with Gasteiger partial charge in [0.25, 0.3) is 0 Å². The molecule has 1 aromatic rings. The monoisotopic (exact) mass is 191 g/mol. The summed E-state index contributed by atoms with van der Waals surface area (Å²) >= 11 is 0. The van der Waals surface area contributed by atoms with E-state index in [9.17, 15) is 4.79 Å². The van der Waals surface area contributed by atoms with Gasteiger partial charge >= 0.3 is 0 Å². The predicted molar refractivity (Wildman–Crippen MR) is 53.4 cm³/mol. The maximum absolute atomic E-state index is 11.1. The van der Waals surface area contributed by atoms with Crippen LogP contribution in [0.3, 0.4) is 0 Å². The van der Waals surface area contributed by atoms with Crippen molar-refractivity contribution in [3.63, 3.8) is 0 Å². The van der Waals surface area contributed by atoms with Crippen LogP contribution in [0.5, 0.6) is 5.75 Å². The third-order valence-electron chi connectivity index (χ3n) is 2.49. The first-order chi connectivity index (χ1) is 6.81. The summed E-state index contributed by atoms with van der Waals surface area (Å²) in [6.07, 6.45) is 0.570. The largest absolute Gasteiger partial charge is 0.496 e. The molecule has 1 aliphatic rings. The van der Waals surface area contributed by atoms with E-state index in [1.54, 1.807) is 7.11 Å². The molecule has 0 bridgehead atoms. The Kier molecular flexibility index (Phi) is 2.50. The number of methoxy groups -OCH3 is 1. The molecule has 14 heavy (non-hydrogen) atoms. The molecular weight excluding hydrogens is 178 g/mol. The first-order valence-electron chi connectivity index (χ1n) is 4.69. The molecule has 2 rings (SSSR count). The van der Waals surface area contributed by atoms with Crippen molar-refractivity contribution in [1.29, 1.82) is 0 Å². The molecular formula is C11H13NO2. The molecule has 1 N–H and O–H groups in total. The van der Waals surface area contributed by atoms with E-state index in [2.05, 4.69) is 5.32 Å². The third-order valence-corrected chi connectivity index (χ3v) is 2.49. The minimum atomic E-state index is 0.124. The fraction of sp³-hybridized carbons (Fsp3) is 0.364. The van der Waals surface area contributed by atoms with Gasteiger partial charge in [-0.05, 0) is 6.07 Å². The summed E-state index contributed by atoms with van der Waals surface area (Å²) in [6, 6.07) is 7.93. The lowest BCUT2D eigenvalue weighted by Gasteiger charge is -2.13. The molecule has 0 radical (unpaired) electrons. The summed E-state index contributed by atoms with van der Waals surface area (Å²) < 4.78 is 5.24. The highest BCUT2D eigenvalue weighted by molar-refractivity contribution is 5.83. The lowest BCUT2D eigenvalue weighted by molar-refractivity contribution is -0.116. The lowest BCUT2D eigenvalue weighted by Crippen LogP contribution is -2.14. The molecule has 74 valence electrons. The lowest BCUT2D eigenvalue weighted by atomic mass is 10.0. The SMILES string of the molecule is COc1ccccc1C1CC(=O)CN1. The number of benzene rings is 1. The van der Waals surface area contributed by atoms with Crippen LogP contribution in [0.2, 0.25) is 0 Å². The molecule has 1 aromatic carbocycles. The molecule has 1 saturated heterocycles. The predicted octanol–water partition coefficient (Wildman–Crippen LogP) is 1.30. The Hall–Kier alpha value is -1.35. The zero-order valence-corrected chi connectivity index (χ0v) is 8.12. The van der Waals surface area contributed by atoms with Crippen LogP contribution in [0.25, 0.3) is 0 Å². The molecule has 0 spiro atoms. The van der Waals surface area contributed by atoms with E-state index in [0.717, 1.165) is 11.3 Å². The van der Waals surface area contributed by atoms with Gasteiger partial charge in [-0.15, -0.1) is 0 Å². The van der Waals surface area contributed by atoms with Gasteiger partial charge in [-0.25, -0.2) is 0 Å². The molecule has 1 heterocycles. The highest BCUT2D eigenvalue weighted by Crippen LogP contribution is 2.29. The Balaban J connectivity index is 2.27. The third kappa shape index (κ3) is 1.63. The highest BCUT2D eigenvalue weighted by Gasteiger charge is 2.24. The highest BCUT2D eigenvalue weighted by atomic mass is 16.5. The van der Waals surface area contributed by atoms with Gasteiger partial charge < -0.3 is 10.1 Å². The average Bonchev–Trinajstić information content (AvgIpc) is 2.65. The molecule has 3 nitrogen and oxygen atoms in total. The number of nitrogens with one attached hydrogen (secondary N) is 1. The van der Waals surface area contributed by atoms with E-state index in [1.165, 1.54) is 0 Å². The minimum absolute atomic E-state index is 0.124. The fourth-order valence-corrected chi connectivity index (χ4v) is 1.78. The number of carbonyl (C=O) groups excluding carboxylic acids is 1. The summed E-state index contributed by atoms with van der Waals surface area (Å²) in [6.45, 7) is 0.475. The van der Waals surface area contributed by atoms with Crippen molar-refractivity contribution < 1.29 is 9.53 Å². The second kappa shape index (κ2) is 3.80. The number of para-hydroxylation sites is 1. The average molecular weight is 191 g/mol. The zero-order valence-electron chi connectivity index (χ0n) is 8.12. The quantitative estimate of drug-likeness (QED) is 0.765. The van der Waals surface area contributed by atoms with Crippen molar-refractivity contribution in [3.05, 3.63) is 29.8 Å². The number of carbonyl (C=O) groups is 1. The number of ether oxygens (including phenoxy) is 1. The van der Waals surface area contributed by atoms with Gasteiger partial charge in [0.15, 0.2) is 0 Å². The Morgan fingerprint density at radius 3 is 2.86 bits per heavy atom. The van der Waals surface area contributed by atoms with E-state index >= 15 is 0 Å². The Morgan fingerprint density at radius 1 is 1.43 bits per heavy atom. The van der Waals surface area contributed by atoms with Gasteiger partial charge in [0.1, 0.15) is 11.5 Å². The van der Waals surface area contributed by atoms with E-state index in [-0.39, 0.29) is 11.8 Å². The van der Waals surface area contributed by atoms with Crippen molar-refractivity contribution in [1.82, 2.24) is 5.32 Å². The molecule has 0 saturated carbocycles. The first kappa shape index (κ1) is 9.21. The molecule has 0 aliphatic carbocycles. The van der Waals surface area contributed by atoms with Gasteiger partial charge in [0.05, 0.1) is 13.7 Å². The fourth-order valence-electron chi connectivity index (χ4n) is 1.78. The van der Waals surface area contributed by atoms with E-state index in [1.807, 2.05) is 24.3 Å². The summed E-state index contributed by atoms with van der Waals surface area (Å²) in [5.41, 5.74) is 1.07. The zero-order chi connectivity index (χ0) is 9.97. The van der Waals surface area contributed by atoms with Crippen molar-refractivity contribution in [2.24, 2.45) is 0 Å². The number of rotatable bonds is 2. The topological polar surface area (TPSA) is 38.3 Å². The number of ketones is 1. The molecule has 1 unspecified atom stereocenters. The van der Waals surface area contributed by atoms with Crippen molar-refractivity contribution in [2.75, 3.05) is 13.7 Å². The second-order valence-electron chi connectivity index (χ2n) is 3.42. The number of Topliss-reactive ketones (excluding diaryl/α,β-unsaturated/α-hetero) is 1. The molecule has 1 aliphatic heterocycles. The maximum atomic E-state index is 11.1. The van der Waals surface area contributed by atoms with Gasteiger partial charge in [-0.2, -0.15) is 0 Å². The minimum Gasteiger partial charge on any atom is -0.496 e. The summed E-state index contributed by atoms with van der Waals surface area (Å²) in [4.78, 5) is 11.1. The van der Waals surface area contributed by atoms with Crippen LogP contribution in [0.15, 0.2) is 24.3 Å². The number of hydrogen-bond acceptors (Lipinski definition) is 3. The van der Waals surface area contributed by atoms with Crippen LogP contribution >= 0.6 is 0 Å².